The van der Waals surface area contributed by atoms with E-state index in [2.05, 4.69) is 97.7 Å². The first-order chi connectivity index (χ1) is 17.2. The van der Waals surface area contributed by atoms with Crippen LogP contribution in [0.25, 0.3) is 10.9 Å². The Morgan fingerprint density at radius 1 is 0.914 bits per heavy atom. The first kappa shape index (κ1) is 22.4. The Bertz CT molecular complexity index is 1260. The predicted molar refractivity (Wildman–Crippen MR) is 138 cm³/mol. The summed E-state index contributed by atoms with van der Waals surface area (Å²) in [6.45, 7) is 5.18. The van der Waals surface area contributed by atoms with Gasteiger partial charge in [-0.2, -0.15) is 0 Å². The molecule has 1 atom stereocenters. The molecule has 2 aromatic heterocycles. The summed E-state index contributed by atoms with van der Waals surface area (Å²) in [5, 5.41) is 14.5. The third kappa shape index (κ3) is 4.75. The van der Waals surface area contributed by atoms with Crippen molar-refractivity contribution in [1.82, 2.24) is 34.6 Å². The van der Waals surface area contributed by atoms with Crippen molar-refractivity contribution in [2.75, 3.05) is 26.2 Å². The van der Waals surface area contributed by atoms with E-state index >= 15 is 0 Å². The van der Waals surface area contributed by atoms with Crippen LogP contribution in [0.4, 0.5) is 0 Å². The maximum atomic E-state index is 4.61. The van der Waals surface area contributed by atoms with Crippen molar-refractivity contribution >= 4 is 10.9 Å². The van der Waals surface area contributed by atoms with Gasteiger partial charge >= 0.3 is 0 Å². The zero-order valence-electron chi connectivity index (χ0n) is 20.6. The number of benzene rings is 2. The number of hydrogen-bond acceptors (Lipinski definition) is 5. The Labute approximate surface area is 207 Å². The number of rotatable bonds is 7. The zero-order valence-corrected chi connectivity index (χ0v) is 20.6. The Kier molecular flexibility index (Phi) is 6.35. The van der Waals surface area contributed by atoms with Crippen molar-refractivity contribution in [2.24, 2.45) is 7.05 Å². The van der Waals surface area contributed by atoms with Gasteiger partial charge in [-0.3, -0.25) is 9.80 Å². The maximum Gasteiger partial charge on any atom is 0.169 e. The Morgan fingerprint density at radius 3 is 2.63 bits per heavy atom. The van der Waals surface area contributed by atoms with Gasteiger partial charge in [0.2, 0.25) is 0 Å². The average molecular weight is 470 g/mol. The highest BCUT2D eigenvalue weighted by molar-refractivity contribution is 5.80. The summed E-state index contributed by atoms with van der Waals surface area (Å²) >= 11 is 0. The molecule has 1 aliphatic carbocycles. The second-order valence-corrected chi connectivity index (χ2v) is 10.2. The van der Waals surface area contributed by atoms with Gasteiger partial charge in [-0.1, -0.05) is 42.8 Å². The first-order valence-corrected chi connectivity index (χ1v) is 13.1. The minimum absolute atomic E-state index is 0.149. The van der Waals surface area contributed by atoms with E-state index in [9.17, 15) is 0 Å². The van der Waals surface area contributed by atoms with Crippen LogP contribution in [0.15, 0.2) is 60.8 Å². The molecule has 7 heteroatoms. The zero-order chi connectivity index (χ0) is 23.6. The molecular formula is C28H35N7. The molecule has 0 amide bonds. The highest BCUT2D eigenvalue weighted by Gasteiger charge is 2.31. The van der Waals surface area contributed by atoms with E-state index in [0.29, 0.717) is 6.54 Å². The summed E-state index contributed by atoms with van der Waals surface area (Å²) in [5.41, 5.74) is 3.82. The van der Waals surface area contributed by atoms with E-state index in [4.69, 9.17) is 0 Å². The molecule has 1 saturated carbocycles. The average Bonchev–Trinajstić information content (AvgIpc) is 3.37. The van der Waals surface area contributed by atoms with Gasteiger partial charge in [-0.15, -0.1) is 5.10 Å². The second kappa shape index (κ2) is 9.91. The molecule has 2 fully saturated rings. The largest absolute Gasteiger partial charge is 0.351 e. The summed E-state index contributed by atoms with van der Waals surface area (Å²) in [4.78, 5) is 5.37. The fourth-order valence-electron chi connectivity index (χ4n) is 5.77. The number of aromatic nitrogens is 5. The van der Waals surface area contributed by atoms with E-state index in [1.807, 2.05) is 4.68 Å². The third-order valence-electron chi connectivity index (χ3n) is 8.01. The number of hydrogen-bond donors (Lipinski definition) is 0. The molecule has 0 bridgehead atoms. The van der Waals surface area contributed by atoms with Crippen molar-refractivity contribution in [3.63, 3.8) is 0 Å². The molecule has 2 aromatic carbocycles. The topological polar surface area (TPSA) is 55.0 Å². The second-order valence-electron chi connectivity index (χ2n) is 10.2. The van der Waals surface area contributed by atoms with E-state index < -0.39 is 0 Å². The van der Waals surface area contributed by atoms with Gasteiger partial charge in [0, 0.05) is 44.4 Å². The van der Waals surface area contributed by atoms with Crippen LogP contribution < -0.4 is 0 Å². The van der Waals surface area contributed by atoms with Gasteiger partial charge in [0.25, 0.3) is 0 Å². The lowest BCUT2D eigenvalue weighted by Gasteiger charge is -2.37. The highest BCUT2D eigenvalue weighted by atomic mass is 15.5. The molecule has 6 rings (SSSR count). The Hall–Kier alpha value is -3.03. The minimum atomic E-state index is 0.149. The fraction of sp³-hybridized carbons (Fsp3) is 0.464. The molecule has 1 unspecified atom stereocenters. The lowest BCUT2D eigenvalue weighted by Crippen LogP contribution is -2.42. The van der Waals surface area contributed by atoms with Gasteiger partial charge in [0.1, 0.15) is 0 Å². The first-order valence-electron chi connectivity index (χ1n) is 13.1. The molecule has 4 aromatic rings. The van der Waals surface area contributed by atoms with Gasteiger partial charge in [-0.05, 0) is 77.4 Å². The summed E-state index contributed by atoms with van der Waals surface area (Å²) in [7, 11) is 2.10. The molecule has 2 aliphatic rings. The normalized spacial score (nSPS) is 19.0. The summed E-state index contributed by atoms with van der Waals surface area (Å²) in [6.07, 6.45) is 8.37. The molecule has 0 radical (unpaired) electrons. The fourth-order valence-corrected chi connectivity index (χ4v) is 5.77. The van der Waals surface area contributed by atoms with Crippen LogP contribution in [0.2, 0.25) is 0 Å². The predicted octanol–water partition coefficient (Wildman–Crippen LogP) is 4.06. The Morgan fingerprint density at radius 2 is 1.80 bits per heavy atom. The van der Waals surface area contributed by atoms with Crippen molar-refractivity contribution < 1.29 is 0 Å². The van der Waals surface area contributed by atoms with Gasteiger partial charge in [-0.25, -0.2) is 4.68 Å². The molecular weight excluding hydrogens is 434 g/mol. The summed E-state index contributed by atoms with van der Waals surface area (Å²) in [6, 6.07) is 20.5. The molecule has 35 heavy (non-hydrogen) atoms. The maximum absolute atomic E-state index is 4.61. The van der Waals surface area contributed by atoms with Gasteiger partial charge < -0.3 is 4.57 Å². The number of nitrogens with zero attached hydrogens (tertiary/aromatic N) is 7. The summed E-state index contributed by atoms with van der Waals surface area (Å²) in [5.74, 6) is 0.971. The number of tetrazole rings is 1. The van der Waals surface area contributed by atoms with Crippen LogP contribution >= 0.6 is 0 Å². The quantitative estimate of drug-likeness (QED) is 0.409. The molecule has 0 spiro atoms. The molecule has 1 aliphatic heterocycles. The van der Waals surface area contributed by atoms with E-state index in [-0.39, 0.29) is 6.04 Å². The highest BCUT2D eigenvalue weighted by Crippen LogP contribution is 2.30. The van der Waals surface area contributed by atoms with Crippen LogP contribution in [-0.2, 0) is 20.0 Å². The third-order valence-corrected chi connectivity index (χ3v) is 8.01. The van der Waals surface area contributed by atoms with Gasteiger partial charge in [0.05, 0.1) is 12.6 Å². The smallest absolute Gasteiger partial charge is 0.169 e. The monoisotopic (exact) mass is 469 g/mol. The van der Waals surface area contributed by atoms with Crippen LogP contribution in [0.1, 0.15) is 48.7 Å². The standard InChI is InChI=1S/C28H35N7/c1-32-16-13-24-19-23(11-12-26(24)32)20-27(34-15-6-14-33(17-18-34)25-9-5-10-25)28-29-30-31-35(28)21-22-7-3-2-4-8-22/h2-4,7-8,11-13,16,19,25,27H,5-6,9-10,14-15,17-18,20-21H2,1H3. The molecule has 0 N–H and O–H groups in total. The molecule has 1 saturated heterocycles. The van der Waals surface area contributed by atoms with Crippen LogP contribution in [0.3, 0.4) is 0 Å². The van der Waals surface area contributed by atoms with Crippen LogP contribution in [0, 0.1) is 0 Å². The van der Waals surface area contributed by atoms with Crippen LogP contribution in [-0.4, -0.2) is 66.8 Å². The molecule has 3 heterocycles. The number of aryl methyl sites for hydroxylation is 1. The minimum Gasteiger partial charge on any atom is -0.351 e. The van der Waals surface area contributed by atoms with Crippen molar-refractivity contribution in [1.29, 1.82) is 0 Å². The summed E-state index contributed by atoms with van der Waals surface area (Å²) < 4.78 is 4.19. The van der Waals surface area contributed by atoms with Crippen molar-refractivity contribution in [3.05, 3.63) is 77.7 Å². The van der Waals surface area contributed by atoms with E-state index in [1.54, 1.807) is 0 Å². The molecule has 182 valence electrons. The lowest BCUT2D eigenvalue weighted by molar-refractivity contribution is 0.124. The number of fused-ring (bicyclic) bond motifs is 1. The van der Waals surface area contributed by atoms with Crippen molar-refractivity contribution in [3.8, 4) is 0 Å². The Balaban J connectivity index is 1.30. The molecule has 7 nitrogen and oxygen atoms in total. The van der Waals surface area contributed by atoms with E-state index in [1.165, 1.54) is 54.3 Å². The van der Waals surface area contributed by atoms with Crippen LogP contribution in [0.5, 0.6) is 0 Å². The van der Waals surface area contributed by atoms with E-state index in [0.717, 1.165) is 37.9 Å². The SMILES string of the molecule is Cn1ccc2cc(CC(c3nnnn3Cc3ccccc3)N3CCCN(C4CCC4)CC3)ccc21. The van der Waals surface area contributed by atoms with Gasteiger partial charge in [0.15, 0.2) is 5.82 Å². The van der Waals surface area contributed by atoms with Crippen molar-refractivity contribution in [2.45, 2.75) is 50.7 Å². The lowest BCUT2D eigenvalue weighted by atomic mass is 9.91.